The summed E-state index contributed by atoms with van der Waals surface area (Å²) in [6, 6.07) is 4.82. The smallest absolute Gasteiger partial charge is 0.137 e. The Labute approximate surface area is 88.4 Å². The molecule has 0 amide bonds. The van der Waals surface area contributed by atoms with E-state index in [1.807, 2.05) is 0 Å². The van der Waals surface area contributed by atoms with Crippen LogP contribution in [0.4, 0.5) is 0 Å². The van der Waals surface area contributed by atoms with Gasteiger partial charge in [-0.15, -0.1) is 0 Å². The van der Waals surface area contributed by atoms with E-state index in [9.17, 15) is 5.11 Å². The molecule has 0 aliphatic carbocycles. The van der Waals surface area contributed by atoms with Gasteiger partial charge in [0, 0.05) is 0 Å². The van der Waals surface area contributed by atoms with Gasteiger partial charge in [0.2, 0.25) is 0 Å². The number of benzene rings is 1. The van der Waals surface area contributed by atoms with E-state index in [2.05, 4.69) is 0 Å². The highest BCUT2D eigenvalue weighted by atomic mass is 35.5. The van der Waals surface area contributed by atoms with Gasteiger partial charge in [0.25, 0.3) is 0 Å². The lowest BCUT2D eigenvalue weighted by Gasteiger charge is -2.15. The number of aliphatic hydroxyl groups is 1. The summed E-state index contributed by atoms with van der Waals surface area (Å²) in [7, 11) is 1.55. The van der Waals surface area contributed by atoms with Gasteiger partial charge in [-0.2, -0.15) is 0 Å². The third-order valence-electron chi connectivity index (χ3n) is 2.08. The zero-order valence-electron chi connectivity index (χ0n) is 8.20. The molecule has 4 heteroatoms. The standard InChI is InChI=1S/C10H14ClNO2/c1-6(13)10(12)7-3-4-9(14-2)8(11)5-7/h3-6,10,13H,12H2,1-2H3/t6-,10+/m1/s1. The van der Waals surface area contributed by atoms with Crippen LogP contribution < -0.4 is 10.5 Å². The number of aliphatic hydroxyl groups excluding tert-OH is 1. The predicted molar refractivity (Wildman–Crippen MR) is 56.6 cm³/mol. The van der Waals surface area contributed by atoms with Crippen LogP contribution in [0.5, 0.6) is 5.75 Å². The first-order valence-corrected chi connectivity index (χ1v) is 4.71. The molecule has 0 radical (unpaired) electrons. The Morgan fingerprint density at radius 2 is 2.14 bits per heavy atom. The Hall–Kier alpha value is -0.770. The van der Waals surface area contributed by atoms with Crippen molar-refractivity contribution in [1.29, 1.82) is 0 Å². The van der Waals surface area contributed by atoms with E-state index < -0.39 is 12.1 Å². The van der Waals surface area contributed by atoms with Crippen molar-refractivity contribution in [1.82, 2.24) is 0 Å². The molecule has 0 aromatic heterocycles. The Kier molecular flexibility index (Phi) is 3.75. The van der Waals surface area contributed by atoms with Gasteiger partial charge in [0.1, 0.15) is 5.75 Å². The van der Waals surface area contributed by atoms with Gasteiger partial charge in [-0.3, -0.25) is 0 Å². The molecular weight excluding hydrogens is 202 g/mol. The van der Waals surface area contributed by atoms with Crippen molar-refractivity contribution in [3.8, 4) is 5.75 Å². The number of halogens is 1. The lowest BCUT2D eigenvalue weighted by atomic mass is 10.0. The average molecular weight is 216 g/mol. The maximum absolute atomic E-state index is 9.29. The summed E-state index contributed by atoms with van der Waals surface area (Å²) in [6.45, 7) is 1.64. The quantitative estimate of drug-likeness (QED) is 0.808. The van der Waals surface area contributed by atoms with Gasteiger partial charge in [-0.25, -0.2) is 0 Å². The van der Waals surface area contributed by atoms with Crippen molar-refractivity contribution in [3.63, 3.8) is 0 Å². The Morgan fingerprint density at radius 1 is 1.50 bits per heavy atom. The van der Waals surface area contributed by atoms with Crippen molar-refractivity contribution < 1.29 is 9.84 Å². The van der Waals surface area contributed by atoms with Crippen LogP contribution in [0, 0.1) is 0 Å². The van der Waals surface area contributed by atoms with Crippen molar-refractivity contribution in [2.24, 2.45) is 5.73 Å². The van der Waals surface area contributed by atoms with E-state index in [0.717, 1.165) is 5.56 Å². The molecule has 0 aliphatic heterocycles. The highest BCUT2D eigenvalue weighted by Crippen LogP contribution is 2.27. The highest BCUT2D eigenvalue weighted by Gasteiger charge is 2.13. The fourth-order valence-electron chi connectivity index (χ4n) is 1.17. The van der Waals surface area contributed by atoms with E-state index >= 15 is 0 Å². The summed E-state index contributed by atoms with van der Waals surface area (Å²) >= 11 is 5.92. The molecule has 0 spiro atoms. The Balaban J connectivity index is 2.96. The van der Waals surface area contributed by atoms with Gasteiger partial charge >= 0.3 is 0 Å². The molecule has 0 unspecified atom stereocenters. The number of methoxy groups -OCH3 is 1. The molecule has 1 rings (SSSR count). The van der Waals surface area contributed by atoms with E-state index in [4.69, 9.17) is 22.1 Å². The fourth-order valence-corrected chi connectivity index (χ4v) is 1.43. The second-order valence-corrected chi connectivity index (χ2v) is 3.57. The second-order valence-electron chi connectivity index (χ2n) is 3.16. The van der Waals surface area contributed by atoms with E-state index in [1.165, 1.54) is 0 Å². The Bertz CT molecular complexity index is 315. The fraction of sp³-hybridized carbons (Fsp3) is 0.400. The lowest BCUT2D eigenvalue weighted by molar-refractivity contribution is 0.164. The lowest BCUT2D eigenvalue weighted by Crippen LogP contribution is -2.23. The van der Waals surface area contributed by atoms with Crippen molar-refractivity contribution in [3.05, 3.63) is 28.8 Å². The van der Waals surface area contributed by atoms with Gasteiger partial charge in [-0.05, 0) is 24.6 Å². The first-order valence-electron chi connectivity index (χ1n) is 4.33. The largest absolute Gasteiger partial charge is 0.495 e. The molecular formula is C10H14ClNO2. The number of hydrogen-bond donors (Lipinski definition) is 2. The van der Waals surface area contributed by atoms with Gasteiger partial charge in [0.05, 0.1) is 24.3 Å². The topological polar surface area (TPSA) is 55.5 Å². The summed E-state index contributed by atoms with van der Waals surface area (Å²) in [4.78, 5) is 0. The number of rotatable bonds is 3. The third-order valence-corrected chi connectivity index (χ3v) is 2.38. The third kappa shape index (κ3) is 2.38. The van der Waals surface area contributed by atoms with Crippen molar-refractivity contribution in [2.45, 2.75) is 19.1 Å². The number of hydrogen-bond acceptors (Lipinski definition) is 3. The highest BCUT2D eigenvalue weighted by molar-refractivity contribution is 6.32. The average Bonchev–Trinajstić information content (AvgIpc) is 2.16. The maximum atomic E-state index is 9.29. The molecule has 2 atom stereocenters. The van der Waals surface area contributed by atoms with Crippen LogP contribution >= 0.6 is 11.6 Å². The monoisotopic (exact) mass is 215 g/mol. The van der Waals surface area contributed by atoms with Crippen LogP contribution in [0.1, 0.15) is 18.5 Å². The SMILES string of the molecule is COc1ccc([C@@H](N)[C@@H](C)O)cc1Cl. The minimum absolute atomic E-state index is 0.418. The van der Waals surface area contributed by atoms with Gasteiger partial charge in [-0.1, -0.05) is 17.7 Å². The maximum Gasteiger partial charge on any atom is 0.137 e. The summed E-state index contributed by atoms with van der Waals surface area (Å²) in [5, 5.41) is 9.79. The zero-order valence-corrected chi connectivity index (χ0v) is 8.95. The summed E-state index contributed by atoms with van der Waals surface area (Å²) < 4.78 is 5.00. The first kappa shape index (κ1) is 11.3. The molecule has 0 fully saturated rings. The van der Waals surface area contributed by atoms with Crippen molar-refractivity contribution in [2.75, 3.05) is 7.11 Å². The number of ether oxygens (including phenoxy) is 1. The molecule has 0 bridgehead atoms. The minimum atomic E-state index is -0.598. The van der Waals surface area contributed by atoms with Crippen molar-refractivity contribution >= 4 is 11.6 Å². The van der Waals surface area contributed by atoms with Crippen LogP contribution in [-0.2, 0) is 0 Å². The van der Waals surface area contributed by atoms with Crippen LogP contribution in [0.3, 0.4) is 0 Å². The summed E-state index contributed by atoms with van der Waals surface area (Å²) in [5.74, 6) is 0.605. The number of nitrogens with two attached hydrogens (primary N) is 1. The van der Waals surface area contributed by atoms with Crippen LogP contribution in [0.2, 0.25) is 5.02 Å². The zero-order chi connectivity index (χ0) is 10.7. The molecule has 0 aliphatic rings. The van der Waals surface area contributed by atoms with Gasteiger partial charge < -0.3 is 15.6 Å². The van der Waals surface area contributed by atoms with Gasteiger partial charge in [0.15, 0.2) is 0 Å². The van der Waals surface area contributed by atoms with Crippen LogP contribution in [0.15, 0.2) is 18.2 Å². The van der Waals surface area contributed by atoms with Crippen LogP contribution in [-0.4, -0.2) is 18.3 Å². The predicted octanol–water partition coefficient (Wildman–Crippen LogP) is 1.73. The van der Waals surface area contributed by atoms with E-state index in [-0.39, 0.29) is 0 Å². The van der Waals surface area contributed by atoms with Crippen LogP contribution in [0.25, 0.3) is 0 Å². The molecule has 78 valence electrons. The van der Waals surface area contributed by atoms with E-state index in [1.54, 1.807) is 32.2 Å². The molecule has 14 heavy (non-hydrogen) atoms. The molecule has 3 N–H and O–H groups in total. The summed E-state index contributed by atoms with van der Waals surface area (Å²) in [5.41, 5.74) is 6.55. The first-order chi connectivity index (χ1) is 6.56. The molecule has 3 nitrogen and oxygen atoms in total. The minimum Gasteiger partial charge on any atom is -0.495 e. The normalized spacial score (nSPS) is 14.9. The molecule has 1 aromatic carbocycles. The molecule has 1 aromatic rings. The Morgan fingerprint density at radius 3 is 2.57 bits per heavy atom. The molecule has 0 saturated heterocycles. The second kappa shape index (κ2) is 4.64. The molecule has 0 heterocycles. The molecule has 0 saturated carbocycles. The summed E-state index contributed by atoms with van der Waals surface area (Å²) in [6.07, 6.45) is -0.598. The van der Waals surface area contributed by atoms with E-state index in [0.29, 0.717) is 10.8 Å².